The van der Waals surface area contributed by atoms with E-state index in [9.17, 15) is 23.3 Å². The van der Waals surface area contributed by atoms with Crippen LogP contribution >= 0.6 is 0 Å². The number of hydrogen-bond acceptors (Lipinski definition) is 8. The molecule has 29 heavy (non-hydrogen) atoms. The van der Waals surface area contributed by atoms with Crippen molar-refractivity contribution < 1.29 is 26.9 Å². The van der Waals surface area contributed by atoms with E-state index in [1.807, 2.05) is 0 Å². The highest BCUT2D eigenvalue weighted by Crippen LogP contribution is 2.57. The summed E-state index contributed by atoms with van der Waals surface area (Å²) in [5.74, 6) is -2.56. The molecular weight excluding hydrogens is 396 g/mol. The highest BCUT2D eigenvalue weighted by molar-refractivity contribution is 7.91. The third-order valence-electron chi connectivity index (χ3n) is 5.17. The van der Waals surface area contributed by atoms with Crippen molar-refractivity contribution in [2.75, 3.05) is 0 Å². The van der Waals surface area contributed by atoms with Crippen LogP contribution in [0.25, 0.3) is 5.76 Å². The van der Waals surface area contributed by atoms with Crippen LogP contribution in [-0.2, 0) is 14.9 Å². The van der Waals surface area contributed by atoms with Crippen LogP contribution < -0.4 is 9.92 Å². The van der Waals surface area contributed by atoms with E-state index < -0.39 is 43.5 Å². The smallest absolute Gasteiger partial charge is 0.340 e. The molecule has 0 aromatic heterocycles. The zero-order valence-electron chi connectivity index (χ0n) is 14.5. The van der Waals surface area contributed by atoms with Gasteiger partial charge in [0.1, 0.15) is 11.6 Å². The minimum Gasteiger partial charge on any atom is -0.438 e. The number of allylic oxidation sites excluding steroid dienone is 2. The lowest BCUT2D eigenvalue weighted by Gasteiger charge is -2.36. The first-order chi connectivity index (χ1) is 13.8. The van der Waals surface area contributed by atoms with Gasteiger partial charge in [-0.2, -0.15) is 13.7 Å². The lowest BCUT2D eigenvalue weighted by atomic mass is 9.73. The molecule has 2 N–H and O–H groups in total. The number of fused-ring (bicyclic) bond motifs is 4. The number of rotatable bonds is 0. The molecule has 2 heterocycles. The van der Waals surface area contributed by atoms with Crippen molar-refractivity contribution in [1.29, 1.82) is 5.26 Å². The van der Waals surface area contributed by atoms with Gasteiger partial charge in [-0.15, -0.1) is 0 Å². The van der Waals surface area contributed by atoms with Crippen LogP contribution in [-0.4, -0.2) is 20.0 Å². The van der Waals surface area contributed by atoms with Crippen LogP contribution in [0.1, 0.15) is 26.3 Å². The molecule has 5 rings (SSSR count). The Morgan fingerprint density at radius 1 is 0.931 bits per heavy atom. The molecule has 142 valence electrons. The standard InChI is InChI=1S/C20H10N2O6S/c21-9-13-19(22)27-15-12-7-3-4-8-14(12)28-29(25,26)18(15)20(13)16(23)10-5-1-2-6-11(10)17(20)24/h1-8H,22H2. The predicted octanol–water partition coefficient (Wildman–Crippen LogP) is 1.87. The second-order valence-corrected chi connectivity index (χ2v) is 8.08. The summed E-state index contributed by atoms with van der Waals surface area (Å²) >= 11 is 0. The topological polar surface area (TPSA) is 137 Å². The molecule has 2 aromatic carbocycles. The number of nitrogens with zero attached hydrogens (tertiary/aromatic N) is 1. The number of carbonyl (C=O) groups is 2. The molecule has 8 nitrogen and oxygen atoms in total. The summed E-state index contributed by atoms with van der Waals surface area (Å²) in [5.41, 5.74) is 3.06. The number of nitriles is 1. The number of nitrogens with two attached hydrogens (primary N) is 1. The van der Waals surface area contributed by atoms with Crippen LogP contribution in [0, 0.1) is 16.7 Å². The molecule has 1 aliphatic carbocycles. The van der Waals surface area contributed by atoms with E-state index in [4.69, 9.17) is 14.7 Å². The minimum absolute atomic E-state index is 0.000795. The second kappa shape index (κ2) is 5.33. The largest absolute Gasteiger partial charge is 0.438 e. The quantitative estimate of drug-likeness (QED) is 0.517. The van der Waals surface area contributed by atoms with Gasteiger partial charge in [0, 0.05) is 11.1 Å². The zero-order valence-corrected chi connectivity index (χ0v) is 15.3. The Balaban J connectivity index is 1.96. The fourth-order valence-electron chi connectivity index (χ4n) is 4.00. The van der Waals surface area contributed by atoms with Crippen LogP contribution in [0.15, 0.2) is 64.9 Å². The van der Waals surface area contributed by atoms with Crippen molar-refractivity contribution in [3.63, 3.8) is 0 Å². The summed E-state index contributed by atoms with van der Waals surface area (Å²) in [6.07, 6.45) is 0. The van der Waals surface area contributed by atoms with Gasteiger partial charge in [-0.3, -0.25) is 9.59 Å². The summed E-state index contributed by atoms with van der Waals surface area (Å²) < 4.78 is 36.9. The normalized spacial score (nSPS) is 20.4. The Morgan fingerprint density at radius 3 is 2.07 bits per heavy atom. The zero-order chi connectivity index (χ0) is 20.6. The van der Waals surface area contributed by atoms with E-state index >= 15 is 0 Å². The summed E-state index contributed by atoms with van der Waals surface area (Å²) in [5, 5.41) is 9.73. The molecule has 0 fully saturated rings. The van der Waals surface area contributed by atoms with E-state index in [-0.39, 0.29) is 28.2 Å². The molecule has 0 radical (unpaired) electrons. The first-order valence-corrected chi connectivity index (χ1v) is 9.80. The van der Waals surface area contributed by atoms with Gasteiger partial charge in [-0.1, -0.05) is 36.4 Å². The molecule has 3 aliphatic rings. The second-order valence-electron chi connectivity index (χ2n) is 6.60. The highest BCUT2D eigenvalue weighted by Gasteiger charge is 2.67. The lowest BCUT2D eigenvalue weighted by Crippen LogP contribution is -2.46. The molecule has 0 saturated carbocycles. The average Bonchev–Trinajstić information content (AvgIpc) is 2.90. The lowest BCUT2D eigenvalue weighted by molar-refractivity contribution is 0.0781. The predicted molar refractivity (Wildman–Crippen MR) is 98.4 cm³/mol. The highest BCUT2D eigenvalue weighted by atomic mass is 32.2. The van der Waals surface area contributed by atoms with Crippen LogP contribution in [0.3, 0.4) is 0 Å². The minimum atomic E-state index is -4.67. The molecule has 1 spiro atoms. The molecule has 9 heteroatoms. The van der Waals surface area contributed by atoms with Crippen LogP contribution in [0.5, 0.6) is 5.75 Å². The Hall–Kier alpha value is -3.90. The number of benzene rings is 2. The Labute approximate surface area is 164 Å². The molecule has 0 saturated heterocycles. The summed E-state index contributed by atoms with van der Waals surface area (Å²) in [4.78, 5) is 26.2. The number of ether oxygens (including phenoxy) is 1. The van der Waals surface area contributed by atoms with Gasteiger partial charge in [-0.25, -0.2) is 0 Å². The van der Waals surface area contributed by atoms with E-state index in [1.54, 1.807) is 18.2 Å². The molecule has 2 aromatic rings. The number of hydrogen-bond donors (Lipinski definition) is 1. The molecule has 0 bridgehead atoms. The monoisotopic (exact) mass is 406 g/mol. The van der Waals surface area contributed by atoms with Gasteiger partial charge in [-0.05, 0) is 12.1 Å². The molecule has 0 unspecified atom stereocenters. The Kier molecular flexibility index (Phi) is 3.17. The first kappa shape index (κ1) is 17.2. The Morgan fingerprint density at radius 2 is 1.48 bits per heavy atom. The van der Waals surface area contributed by atoms with Crippen LogP contribution in [0.4, 0.5) is 0 Å². The molecular formula is C20H10N2O6S. The van der Waals surface area contributed by atoms with Gasteiger partial charge in [0.2, 0.25) is 5.88 Å². The van der Waals surface area contributed by atoms with E-state index in [0.29, 0.717) is 0 Å². The van der Waals surface area contributed by atoms with E-state index in [0.717, 1.165) is 0 Å². The van der Waals surface area contributed by atoms with Crippen molar-refractivity contribution in [1.82, 2.24) is 0 Å². The van der Waals surface area contributed by atoms with Gasteiger partial charge < -0.3 is 14.7 Å². The van der Waals surface area contributed by atoms with Gasteiger partial charge in [0.25, 0.3) is 0 Å². The number of ketones is 2. The maximum atomic E-state index is 13.5. The number of Topliss-reactive ketones (excluding diaryl/α,β-unsaturated/α-hetero) is 2. The fourth-order valence-corrected chi connectivity index (χ4v) is 5.51. The number of para-hydroxylation sites is 1. The fraction of sp³-hybridized carbons (Fsp3) is 0.0500. The first-order valence-electron chi connectivity index (χ1n) is 8.39. The third kappa shape index (κ3) is 1.88. The van der Waals surface area contributed by atoms with E-state index in [1.165, 1.54) is 36.4 Å². The van der Waals surface area contributed by atoms with E-state index in [2.05, 4.69) is 0 Å². The third-order valence-corrected chi connectivity index (χ3v) is 6.56. The molecule has 0 amide bonds. The summed E-state index contributed by atoms with van der Waals surface area (Å²) in [6, 6.07) is 13.7. The van der Waals surface area contributed by atoms with Crippen LogP contribution in [0.2, 0.25) is 0 Å². The molecule has 0 atom stereocenters. The van der Waals surface area contributed by atoms with Gasteiger partial charge in [0.15, 0.2) is 33.4 Å². The van der Waals surface area contributed by atoms with Crippen molar-refractivity contribution >= 4 is 27.4 Å². The maximum Gasteiger partial charge on any atom is 0.340 e. The number of carbonyl (C=O) groups excluding carboxylic acids is 2. The van der Waals surface area contributed by atoms with Crippen molar-refractivity contribution in [2.24, 2.45) is 11.1 Å². The average molecular weight is 406 g/mol. The molecule has 2 aliphatic heterocycles. The van der Waals surface area contributed by atoms with Crippen molar-refractivity contribution in [2.45, 2.75) is 0 Å². The van der Waals surface area contributed by atoms with Crippen molar-refractivity contribution in [3.8, 4) is 11.8 Å². The Bertz CT molecular complexity index is 1340. The SMILES string of the molecule is N#CC1=C(N)OC2=C(C13C(=O)c1ccccc1C3=O)S(=O)(=O)Oc1ccccc12. The van der Waals surface area contributed by atoms with Crippen molar-refractivity contribution in [3.05, 3.63) is 81.6 Å². The summed E-state index contributed by atoms with van der Waals surface area (Å²) in [6.45, 7) is 0. The maximum absolute atomic E-state index is 13.5. The van der Waals surface area contributed by atoms with Gasteiger partial charge >= 0.3 is 10.1 Å². The van der Waals surface area contributed by atoms with Gasteiger partial charge in [0.05, 0.1) is 5.56 Å². The summed E-state index contributed by atoms with van der Waals surface area (Å²) in [7, 11) is -4.67.